The van der Waals surface area contributed by atoms with E-state index < -0.39 is 0 Å². The molecule has 0 saturated carbocycles. The second-order valence-corrected chi connectivity index (χ2v) is 4.87. The Morgan fingerprint density at radius 3 is 1.00 bits per heavy atom. The van der Waals surface area contributed by atoms with E-state index in [1.807, 2.05) is 26.8 Å². The fraction of sp³-hybridized carbons (Fsp3) is 0.500. The van der Waals surface area contributed by atoms with Crippen molar-refractivity contribution in [2.75, 3.05) is 0 Å². The molecule has 0 fully saturated rings. The fourth-order valence-electron chi connectivity index (χ4n) is 1.93. The molecule has 2 aliphatic carbocycles. The molecule has 0 nitrogen and oxygen atoms in total. The van der Waals surface area contributed by atoms with Gasteiger partial charge in [0.05, 0.1) is 0 Å². The number of hydrogen-bond donors (Lipinski definition) is 0. The third-order valence-corrected chi connectivity index (χ3v) is 3.14. The normalized spacial score (nSPS) is 19.0. The van der Waals surface area contributed by atoms with E-state index in [4.69, 9.17) is 0 Å². The molecule has 142 valence electrons. The van der Waals surface area contributed by atoms with Crippen LogP contribution in [0.2, 0.25) is 0 Å². The molecular formula is C20H36Cl2SiTi-4. The number of rotatable bonds is 0. The van der Waals surface area contributed by atoms with Gasteiger partial charge in [-0.25, -0.2) is 23.3 Å². The van der Waals surface area contributed by atoms with Crippen molar-refractivity contribution >= 4 is 32.4 Å². The van der Waals surface area contributed by atoms with E-state index in [2.05, 4.69) is 79.7 Å². The fourth-order valence-corrected chi connectivity index (χ4v) is 1.93. The summed E-state index contributed by atoms with van der Waals surface area (Å²) in [5.74, 6) is 1.13. The third-order valence-electron chi connectivity index (χ3n) is 3.14. The van der Waals surface area contributed by atoms with Gasteiger partial charge < -0.3 is 13.8 Å². The Morgan fingerprint density at radius 2 is 0.958 bits per heavy atom. The standard InChI is InChI=1S/2C8H11.2C2H5.2ClH.H2Si.Ti/c2*1-6-4-7(2)8(3)5-6;2*1-2;;;;/h2*4,8H,1-3H3;2*1H2,2H3;2*1H;1H2;/q4*-1;;;;. The molecule has 0 heterocycles. The number of halogens is 2. The van der Waals surface area contributed by atoms with Crippen LogP contribution in [0.25, 0.3) is 0 Å². The summed E-state index contributed by atoms with van der Waals surface area (Å²) in [4.78, 5) is 0. The van der Waals surface area contributed by atoms with Crippen molar-refractivity contribution in [1.29, 1.82) is 0 Å². The van der Waals surface area contributed by atoms with Crippen LogP contribution in [0.3, 0.4) is 0 Å². The summed E-state index contributed by atoms with van der Waals surface area (Å²) in [5.41, 5.74) is 5.44. The van der Waals surface area contributed by atoms with E-state index >= 15 is 0 Å². The SMILES string of the molecule is CC1=[C-]C(C)C(C)=C1.CC1=[C-]C(C)C(C)=C1.Cl.Cl.[CH2-]C.[CH2-]C.[SiH2]=[Ti]. The van der Waals surface area contributed by atoms with E-state index in [-0.39, 0.29) is 24.8 Å². The Hall–Kier alpha value is 0.471. The van der Waals surface area contributed by atoms with E-state index in [1.165, 1.54) is 22.3 Å². The van der Waals surface area contributed by atoms with Crippen molar-refractivity contribution in [3.63, 3.8) is 0 Å². The van der Waals surface area contributed by atoms with Crippen molar-refractivity contribution in [2.45, 2.75) is 55.4 Å². The zero-order valence-corrected chi connectivity index (χ0v) is 21.4. The molecular weight excluding hydrogens is 387 g/mol. The van der Waals surface area contributed by atoms with Gasteiger partial charge >= 0.3 is 26.8 Å². The van der Waals surface area contributed by atoms with Gasteiger partial charge in [-0.2, -0.15) is 25.0 Å². The Bertz CT molecular complexity index is 372. The van der Waals surface area contributed by atoms with Gasteiger partial charge in [-0.3, -0.25) is 12.2 Å². The first-order valence-electron chi connectivity index (χ1n) is 7.73. The molecule has 0 N–H and O–H groups in total. The third kappa shape index (κ3) is 17.3. The molecule has 2 atom stereocenters. The van der Waals surface area contributed by atoms with Crippen molar-refractivity contribution < 1.29 is 19.2 Å². The van der Waals surface area contributed by atoms with Gasteiger partial charge in [0.15, 0.2) is 0 Å². The summed E-state index contributed by atoms with van der Waals surface area (Å²) in [6.07, 6.45) is 11.0. The predicted octanol–water partition coefficient (Wildman–Crippen LogP) is 6.27. The average Bonchev–Trinajstić information content (AvgIpc) is 2.97. The van der Waals surface area contributed by atoms with Gasteiger partial charge in [0, 0.05) is 0 Å². The Morgan fingerprint density at radius 1 is 0.750 bits per heavy atom. The minimum atomic E-state index is 0. The number of hydrogen-bond acceptors (Lipinski definition) is 0. The van der Waals surface area contributed by atoms with Crippen molar-refractivity contribution in [2.24, 2.45) is 11.8 Å². The maximum absolute atomic E-state index is 3.29. The molecule has 0 aromatic heterocycles. The van der Waals surface area contributed by atoms with Gasteiger partial charge in [0.1, 0.15) is 0 Å². The van der Waals surface area contributed by atoms with Crippen LogP contribution in [0.4, 0.5) is 0 Å². The van der Waals surface area contributed by atoms with Crippen LogP contribution in [0.15, 0.2) is 34.4 Å². The van der Waals surface area contributed by atoms with Gasteiger partial charge in [-0.15, -0.1) is 24.8 Å². The Kier molecular flexibility index (Phi) is 34.8. The quantitative estimate of drug-likeness (QED) is 0.318. The first-order chi connectivity index (χ1) is 10.4. The van der Waals surface area contributed by atoms with E-state index in [9.17, 15) is 0 Å². The molecule has 0 spiro atoms. The topological polar surface area (TPSA) is 0 Å². The summed E-state index contributed by atoms with van der Waals surface area (Å²) >= 11 is 2.03. The van der Waals surface area contributed by atoms with Crippen molar-refractivity contribution in [3.05, 3.63) is 60.4 Å². The minimum absolute atomic E-state index is 0. The zero-order chi connectivity index (χ0) is 18.3. The Labute approximate surface area is 178 Å². The van der Waals surface area contributed by atoms with Crippen LogP contribution < -0.4 is 0 Å². The summed E-state index contributed by atoms with van der Waals surface area (Å²) in [6.45, 7) is 22.8. The summed E-state index contributed by atoms with van der Waals surface area (Å²) in [6, 6.07) is 0. The van der Waals surface area contributed by atoms with Crippen LogP contribution in [-0.4, -0.2) is 7.63 Å². The van der Waals surface area contributed by atoms with Crippen LogP contribution in [-0.2, 0) is 19.2 Å². The molecule has 0 radical (unpaired) electrons. The second kappa shape index (κ2) is 23.5. The molecule has 0 amide bonds. The van der Waals surface area contributed by atoms with Crippen LogP contribution >= 0.6 is 24.8 Å². The first kappa shape index (κ1) is 35.6. The van der Waals surface area contributed by atoms with Gasteiger partial charge in [0.2, 0.25) is 0 Å². The molecule has 24 heavy (non-hydrogen) atoms. The van der Waals surface area contributed by atoms with Crippen LogP contribution in [0.5, 0.6) is 0 Å². The van der Waals surface area contributed by atoms with Crippen LogP contribution in [0, 0.1) is 37.8 Å². The van der Waals surface area contributed by atoms with Gasteiger partial charge in [-0.1, -0.05) is 53.4 Å². The summed E-state index contributed by atoms with van der Waals surface area (Å²) < 4.78 is 0. The van der Waals surface area contributed by atoms with E-state index in [0.29, 0.717) is 11.8 Å². The maximum atomic E-state index is 3.29. The monoisotopic (exact) mass is 422 g/mol. The second-order valence-electron chi connectivity index (χ2n) is 4.87. The molecule has 0 aromatic rings. The molecule has 0 aromatic carbocycles. The molecule has 2 unspecified atom stereocenters. The number of allylic oxidation sites excluding steroid dienone is 8. The van der Waals surface area contributed by atoms with Crippen LogP contribution in [0.1, 0.15) is 55.4 Å². The molecule has 2 aliphatic rings. The van der Waals surface area contributed by atoms with Gasteiger partial charge in [0.25, 0.3) is 0 Å². The predicted molar refractivity (Wildman–Crippen MR) is 116 cm³/mol. The van der Waals surface area contributed by atoms with Crippen molar-refractivity contribution in [3.8, 4) is 0 Å². The Balaban J connectivity index is -0.0000000720. The van der Waals surface area contributed by atoms with Crippen molar-refractivity contribution in [1.82, 2.24) is 0 Å². The molecule has 2 rings (SSSR count). The first-order valence-corrected chi connectivity index (χ1v) is 11.8. The average molecular weight is 423 g/mol. The summed E-state index contributed by atoms with van der Waals surface area (Å²) in [5, 5.41) is 0. The molecule has 0 saturated heterocycles. The van der Waals surface area contributed by atoms with E-state index in [0.717, 1.165) is 0 Å². The molecule has 4 heteroatoms. The summed E-state index contributed by atoms with van der Waals surface area (Å²) in [7, 11) is 1.86. The van der Waals surface area contributed by atoms with Gasteiger partial charge in [-0.05, 0) is 0 Å². The molecule has 0 bridgehead atoms. The zero-order valence-electron chi connectivity index (χ0n) is 16.7. The van der Waals surface area contributed by atoms with E-state index in [1.54, 1.807) is 13.8 Å². The molecule has 0 aliphatic heterocycles.